The van der Waals surface area contributed by atoms with Crippen molar-refractivity contribution in [2.75, 3.05) is 26.2 Å². The van der Waals surface area contributed by atoms with Crippen LogP contribution in [0.5, 0.6) is 0 Å². The number of amides is 1. The standard InChI is InChI=1S/C20H28N6O.2ClH/c1-2-21-20(27)18-11-17(12-22-18)26-14-19(23-24-26)16-7-5-15(6-8-16)13-25-9-3-4-10-25;;/h5-8,14,17-18,22H,2-4,9-13H2,1H3,(H,21,27);2*1H/t17-,18-;;/m0../s1. The van der Waals surface area contributed by atoms with E-state index in [0.717, 1.165) is 30.8 Å². The fraction of sp³-hybridized carbons (Fsp3) is 0.550. The second kappa shape index (κ2) is 10.9. The van der Waals surface area contributed by atoms with Crippen LogP contribution in [-0.4, -0.2) is 58.0 Å². The lowest BCUT2D eigenvalue weighted by molar-refractivity contribution is -0.122. The molecule has 160 valence electrons. The second-order valence-electron chi connectivity index (χ2n) is 7.51. The van der Waals surface area contributed by atoms with Crippen LogP contribution in [-0.2, 0) is 11.3 Å². The molecule has 1 aromatic carbocycles. The average Bonchev–Trinajstić information content (AvgIpc) is 3.43. The largest absolute Gasteiger partial charge is 0.355 e. The van der Waals surface area contributed by atoms with E-state index in [0.29, 0.717) is 6.54 Å². The molecule has 2 aliphatic rings. The minimum atomic E-state index is -0.146. The quantitative estimate of drug-likeness (QED) is 0.721. The van der Waals surface area contributed by atoms with E-state index >= 15 is 0 Å². The van der Waals surface area contributed by atoms with Crippen LogP contribution < -0.4 is 10.6 Å². The number of nitrogens with one attached hydrogen (secondary N) is 2. The van der Waals surface area contributed by atoms with Gasteiger partial charge in [-0.2, -0.15) is 0 Å². The summed E-state index contributed by atoms with van der Waals surface area (Å²) in [6.07, 6.45) is 5.36. The Morgan fingerprint density at radius 2 is 1.93 bits per heavy atom. The van der Waals surface area contributed by atoms with Gasteiger partial charge >= 0.3 is 0 Å². The molecule has 1 amide bonds. The Hall–Kier alpha value is -1.67. The fourth-order valence-electron chi connectivity index (χ4n) is 3.98. The van der Waals surface area contributed by atoms with E-state index in [9.17, 15) is 4.79 Å². The molecule has 0 spiro atoms. The van der Waals surface area contributed by atoms with Crippen LogP contribution in [0.1, 0.15) is 37.8 Å². The van der Waals surface area contributed by atoms with Gasteiger partial charge in [0, 0.05) is 25.2 Å². The summed E-state index contributed by atoms with van der Waals surface area (Å²) < 4.78 is 1.89. The Labute approximate surface area is 184 Å². The van der Waals surface area contributed by atoms with E-state index in [-0.39, 0.29) is 42.8 Å². The molecule has 0 saturated carbocycles. The maximum absolute atomic E-state index is 12.0. The SMILES string of the molecule is CCNC(=O)[C@@H]1C[C@H](n2cc(-c3ccc(CN4CCCC4)cc3)nn2)CN1.Cl.Cl. The van der Waals surface area contributed by atoms with Crippen molar-refractivity contribution in [3.63, 3.8) is 0 Å². The van der Waals surface area contributed by atoms with Gasteiger partial charge in [-0.25, -0.2) is 4.68 Å². The van der Waals surface area contributed by atoms with Gasteiger partial charge in [0.05, 0.1) is 18.3 Å². The van der Waals surface area contributed by atoms with Crippen molar-refractivity contribution in [1.82, 2.24) is 30.5 Å². The number of carbonyl (C=O) groups excluding carboxylic acids is 1. The molecule has 2 fully saturated rings. The third-order valence-corrected chi connectivity index (χ3v) is 5.51. The number of hydrogen-bond donors (Lipinski definition) is 2. The van der Waals surface area contributed by atoms with Crippen LogP contribution >= 0.6 is 24.8 Å². The Morgan fingerprint density at radius 1 is 1.21 bits per heavy atom. The van der Waals surface area contributed by atoms with E-state index in [1.807, 2.05) is 17.8 Å². The van der Waals surface area contributed by atoms with Gasteiger partial charge in [0.15, 0.2) is 0 Å². The summed E-state index contributed by atoms with van der Waals surface area (Å²) in [5.74, 6) is 0.0638. The molecule has 29 heavy (non-hydrogen) atoms. The molecular formula is C20H30Cl2N6O. The van der Waals surface area contributed by atoms with E-state index in [4.69, 9.17) is 0 Å². The van der Waals surface area contributed by atoms with Gasteiger partial charge in [-0.1, -0.05) is 29.5 Å². The van der Waals surface area contributed by atoms with Gasteiger partial charge in [0.25, 0.3) is 0 Å². The van der Waals surface area contributed by atoms with E-state index in [2.05, 4.69) is 50.1 Å². The number of carbonyl (C=O) groups is 1. The van der Waals surface area contributed by atoms with Crippen LogP contribution in [0.15, 0.2) is 30.5 Å². The molecule has 4 rings (SSSR count). The number of likely N-dealkylation sites (tertiary alicyclic amines) is 1. The lowest BCUT2D eigenvalue weighted by Gasteiger charge is -2.14. The lowest BCUT2D eigenvalue weighted by Crippen LogP contribution is -2.40. The first-order chi connectivity index (χ1) is 13.2. The molecule has 7 nitrogen and oxygen atoms in total. The predicted molar refractivity (Wildman–Crippen MR) is 119 cm³/mol. The fourth-order valence-corrected chi connectivity index (χ4v) is 3.98. The van der Waals surface area contributed by atoms with Gasteiger partial charge in [-0.3, -0.25) is 9.69 Å². The topological polar surface area (TPSA) is 75.1 Å². The van der Waals surface area contributed by atoms with Crippen LogP contribution in [0.2, 0.25) is 0 Å². The van der Waals surface area contributed by atoms with Gasteiger partial charge in [-0.15, -0.1) is 29.9 Å². The third-order valence-electron chi connectivity index (χ3n) is 5.51. The normalized spacial score (nSPS) is 21.4. The van der Waals surface area contributed by atoms with Gasteiger partial charge in [0.1, 0.15) is 5.69 Å². The van der Waals surface area contributed by atoms with Gasteiger partial charge < -0.3 is 10.6 Å². The predicted octanol–water partition coefficient (Wildman–Crippen LogP) is 2.42. The molecule has 2 atom stereocenters. The minimum Gasteiger partial charge on any atom is -0.355 e. The van der Waals surface area contributed by atoms with Crippen molar-refractivity contribution in [2.45, 2.75) is 44.8 Å². The molecule has 3 heterocycles. The number of nitrogens with zero attached hydrogens (tertiary/aromatic N) is 4. The molecule has 1 aromatic heterocycles. The van der Waals surface area contributed by atoms with E-state index in [1.54, 1.807) is 0 Å². The lowest BCUT2D eigenvalue weighted by atomic mass is 10.1. The zero-order chi connectivity index (χ0) is 18.6. The first kappa shape index (κ1) is 23.6. The van der Waals surface area contributed by atoms with E-state index in [1.165, 1.54) is 31.5 Å². The summed E-state index contributed by atoms with van der Waals surface area (Å²) in [7, 11) is 0. The summed E-state index contributed by atoms with van der Waals surface area (Å²) in [5, 5.41) is 14.8. The Bertz CT molecular complexity index is 776. The Kier molecular flexibility index (Phi) is 8.89. The number of halogens is 2. The monoisotopic (exact) mass is 440 g/mol. The smallest absolute Gasteiger partial charge is 0.237 e. The van der Waals surface area contributed by atoms with Crippen LogP contribution in [0.4, 0.5) is 0 Å². The molecule has 0 aliphatic carbocycles. The maximum atomic E-state index is 12.0. The number of rotatable bonds is 6. The molecule has 2 N–H and O–H groups in total. The molecule has 2 saturated heterocycles. The highest BCUT2D eigenvalue weighted by molar-refractivity contribution is 5.85. The first-order valence-electron chi connectivity index (χ1n) is 9.97. The zero-order valence-corrected chi connectivity index (χ0v) is 18.3. The summed E-state index contributed by atoms with van der Waals surface area (Å²) in [5.41, 5.74) is 3.31. The van der Waals surface area contributed by atoms with Crippen molar-refractivity contribution in [3.8, 4) is 11.3 Å². The average molecular weight is 441 g/mol. The van der Waals surface area contributed by atoms with E-state index < -0.39 is 0 Å². The van der Waals surface area contributed by atoms with Crippen molar-refractivity contribution in [1.29, 1.82) is 0 Å². The third kappa shape index (κ3) is 5.69. The molecule has 2 aromatic rings. The first-order valence-corrected chi connectivity index (χ1v) is 9.97. The molecule has 0 radical (unpaired) electrons. The number of benzene rings is 1. The molecule has 2 aliphatic heterocycles. The summed E-state index contributed by atoms with van der Waals surface area (Å²) in [6.45, 7) is 6.78. The zero-order valence-electron chi connectivity index (χ0n) is 16.7. The Morgan fingerprint density at radius 3 is 2.62 bits per heavy atom. The van der Waals surface area contributed by atoms with Crippen molar-refractivity contribution >= 4 is 30.7 Å². The van der Waals surface area contributed by atoms with Crippen LogP contribution in [0, 0.1) is 0 Å². The van der Waals surface area contributed by atoms with Crippen molar-refractivity contribution < 1.29 is 4.79 Å². The number of hydrogen-bond acceptors (Lipinski definition) is 5. The molecular weight excluding hydrogens is 411 g/mol. The van der Waals surface area contributed by atoms with Crippen molar-refractivity contribution in [2.24, 2.45) is 0 Å². The molecule has 0 unspecified atom stereocenters. The molecule has 9 heteroatoms. The highest BCUT2D eigenvalue weighted by Gasteiger charge is 2.30. The van der Waals surface area contributed by atoms with Crippen LogP contribution in [0.3, 0.4) is 0 Å². The summed E-state index contributed by atoms with van der Waals surface area (Å²) in [4.78, 5) is 14.5. The van der Waals surface area contributed by atoms with Crippen LogP contribution in [0.25, 0.3) is 11.3 Å². The van der Waals surface area contributed by atoms with Gasteiger partial charge in [-0.05, 0) is 44.8 Å². The minimum absolute atomic E-state index is 0. The summed E-state index contributed by atoms with van der Waals surface area (Å²) >= 11 is 0. The second-order valence-corrected chi connectivity index (χ2v) is 7.51. The highest BCUT2D eigenvalue weighted by Crippen LogP contribution is 2.23. The maximum Gasteiger partial charge on any atom is 0.237 e. The molecule has 0 bridgehead atoms. The highest BCUT2D eigenvalue weighted by atomic mass is 35.5. The van der Waals surface area contributed by atoms with Gasteiger partial charge in [0.2, 0.25) is 5.91 Å². The Balaban J connectivity index is 0.00000150. The van der Waals surface area contributed by atoms with Crippen molar-refractivity contribution in [3.05, 3.63) is 36.0 Å². The number of aromatic nitrogens is 3. The number of likely N-dealkylation sites (N-methyl/N-ethyl adjacent to an activating group) is 1. The summed E-state index contributed by atoms with van der Waals surface area (Å²) in [6, 6.07) is 8.65.